The molecule has 0 radical (unpaired) electrons. The molecule has 5 rings (SSSR count). The topological polar surface area (TPSA) is 101 Å². The fraction of sp³-hybridized carbons (Fsp3) is 0.364. The Morgan fingerprint density at radius 2 is 1.69 bits per heavy atom. The molecule has 2 saturated heterocycles. The number of fused-ring (bicyclic) bond motifs is 2. The van der Waals surface area contributed by atoms with Crippen molar-refractivity contribution in [3.63, 3.8) is 0 Å². The summed E-state index contributed by atoms with van der Waals surface area (Å²) in [7, 11) is 0. The van der Waals surface area contributed by atoms with Crippen molar-refractivity contribution in [1.29, 1.82) is 0 Å². The minimum atomic E-state index is -4.86. The number of nitrogens with one attached hydrogen (secondary N) is 1. The maximum Gasteiger partial charge on any atom is 0.573 e. The van der Waals surface area contributed by atoms with Crippen molar-refractivity contribution in [3.8, 4) is 5.75 Å². The molecule has 3 heterocycles. The number of likely N-dealkylation sites (tertiary alicyclic amines) is 2. The highest BCUT2D eigenvalue weighted by Crippen LogP contribution is 2.33. The van der Waals surface area contributed by atoms with Gasteiger partial charge in [0.1, 0.15) is 23.4 Å². The van der Waals surface area contributed by atoms with Crippen molar-refractivity contribution >= 4 is 34.6 Å². The van der Waals surface area contributed by atoms with E-state index in [4.69, 9.17) is 16.3 Å². The molecule has 0 unspecified atom stereocenters. The molecule has 184 valence electrons. The Labute approximate surface area is 201 Å². The van der Waals surface area contributed by atoms with E-state index in [2.05, 4.69) is 20.1 Å². The van der Waals surface area contributed by atoms with Gasteiger partial charge >= 0.3 is 12.5 Å². The van der Waals surface area contributed by atoms with Gasteiger partial charge in [-0.2, -0.15) is 15.4 Å². The number of benzene rings is 2. The lowest BCUT2D eigenvalue weighted by Gasteiger charge is -2.21. The molecule has 3 aromatic rings. The number of halogens is 4. The molecule has 35 heavy (non-hydrogen) atoms. The van der Waals surface area contributed by atoms with Crippen LogP contribution in [0.1, 0.15) is 15.9 Å². The molecule has 1 N–H and O–H groups in total. The van der Waals surface area contributed by atoms with Crippen molar-refractivity contribution in [1.82, 2.24) is 25.2 Å². The monoisotopic (exact) mass is 509 g/mol. The van der Waals surface area contributed by atoms with Gasteiger partial charge in [0.05, 0.1) is 0 Å². The van der Waals surface area contributed by atoms with E-state index in [1.165, 1.54) is 6.07 Å². The number of rotatable bonds is 4. The first-order valence-electron chi connectivity index (χ1n) is 10.7. The van der Waals surface area contributed by atoms with Crippen LogP contribution < -0.4 is 4.74 Å². The second kappa shape index (κ2) is 8.91. The molecule has 2 amide bonds. The summed E-state index contributed by atoms with van der Waals surface area (Å²) in [6, 6.07) is 8.69. The number of carbonyl (C=O) groups is 2. The molecule has 2 aliphatic heterocycles. The van der Waals surface area contributed by atoms with E-state index in [9.17, 15) is 22.8 Å². The van der Waals surface area contributed by atoms with Gasteiger partial charge in [0.15, 0.2) is 0 Å². The van der Waals surface area contributed by atoms with Crippen LogP contribution in [-0.4, -0.2) is 69.8 Å². The van der Waals surface area contributed by atoms with Crippen molar-refractivity contribution in [2.24, 2.45) is 11.8 Å². The van der Waals surface area contributed by atoms with E-state index in [0.29, 0.717) is 42.8 Å². The summed E-state index contributed by atoms with van der Waals surface area (Å²) in [6.07, 6.45) is -5.43. The smallest absolute Gasteiger partial charge is 0.445 e. The standard InChI is InChI=1S/C22H19ClF3N5O4/c23-16-3-12(4-17(6-16)35-22(24,25)26)11-34-21(33)31-9-14-7-30(8-15(14)10-31)20(32)13-1-2-18-19(5-13)28-29-27-18/h1-6,14-15H,7-11H2,(H,27,28,29)/t14-,15+. The number of H-pyrrole nitrogens is 1. The molecule has 2 atom stereocenters. The molecule has 2 fully saturated rings. The fourth-order valence-electron chi connectivity index (χ4n) is 4.60. The highest BCUT2D eigenvalue weighted by molar-refractivity contribution is 6.30. The van der Waals surface area contributed by atoms with Crippen LogP contribution in [0.25, 0.3) is 11.0 Å². The van der Waals surface area contributed by atoms with Crippen LogP contribution in [0.15, 0.2) is 36.4 Å². The molecule has 0 bridgehead atoms. The molecule has 1 aromatic heterocycles. The first kappa shape index (κ1) is 23.2. The number of aromatic amines is 1. The maximum absolute atomic E-state index is 12.9. The van der Waals surface area contributed by atoms with Gasteiger partial charge in [-0.15, -0.1) is 13.2 Å². The Kier molecular flexibility index (Phi) is 5.91. The Bertz CT molecular complexity index is 1270. The van der Waals surface area contributed by atoms with Crippen LogP contribution in [0.3, 0.4) is 0 Å². The average Bonchev–Trinajstić information content (AvgIpc) is 3.49. The zero-order valence-electron chi connectivity index (χ0n) is 18.1. The van der Waals surface area contributed by atoms with Crippen LogP contribution in [0.4, 0.5) is 18.0 Å². The molecule has 2 aliphatic rings. The third kappa shape index (κ3) is 5.11. The van der Waals surface area contributed by atoms with Crippen molar-refractivity contribution in [3.05, 3.63) is 52.5 Å². The quantitative estimate of drug-likeness (QED) is 0.573. The van der Waals surface area contributed by atoms with Gasteiger partial charge in [-0.3, -0.25) is 4.79 Å². The van der Waals surface area contributed by atoms with Crippen molar-refractivity contribution in [2.75, 3.05) is 26.2 Å². The SMILES string of the molecule is O=C(OCc1cc(Cl)cc(OC(F)(F)F)c1)N1C[C@@H]2CN(C(=O)c3ccc4n[nH]nc4c3)C[C@@H]2C1. The predicted molar refractivity (Wildman–Crippen MR) is 117 cm³/mol. The van der Waals surface area contributed by atoms with Crippen LogP contribution in [0, 0.1) is 11.8 Å². The highest BCUT2D eigenvalue weighted by atomic mass is 35.5. The number of hydrogen-bond acceptors (Lipinski definition) is 6. The Balaban J connectivity index is 1.15. The summed E-state index contributed by atoms with van der Waals surface area (Å²) in [5, 5.41) is 10.5. The van der Waals surface area contributed by atoms with Gasteiger partial charge in [0.25, 0.3) is 5.91 Å². The third-order valence-corrected chi connectivity index (χ3v) is 6.34. The van der Waals surface area contributed by atoms with E-state index >= 15 is 0 Å². The van der Waals surface area contributed by atoms with Crippen LogP contribution in [0.5, 0.6) is 5.75 Å². The lowest BCUT2D eigenvalue weighted by atomic mass is 10.0. The predicted octanol–water partition coefficient (Wildman–Crippen LogP) is 3.85. The molecule has 9 nitrogen and oxygen atoms in total. The fourth-order valence-corrected chi connectivity index (χ4v) is 4.84. The zero-order chi connectivity index (χ0) is 24.7. The number of nitrogens with zero attached hydrogens (tertiary/aromatic N) is 4. The summed E-state index contributed by atoms with van der Waals surface area (Å²) >= 11 is 5.85. The van der Waals surface area contributed by atoms with Gasteiger partial charge in [0.2, 0.25) is 0 Å². The van der Waals surface area contributed by atoms with Gasteiger partial charge in [-0.05, 0) is 42.0 Å². The van der Waals surface area contributed by atoms with Crippen LogP contribution >= 0.6 is 11.6 Å². The van der Waals surface area contributed by atoms with E-state index < -0.39 is 18.2 Å². The minimum absolute atomic E-state index is 0.0287. The van der Waals surface area contributed by atoms with E-state index in [0.717, 1.165) is 12.1 Å². The molecule has 0 spiro atoms. The van der Waals surface area contributed by atoms with E-state index in [1.807, 2.05) is 0 Å². The van der Waals surface area contributed by atoms with Gasteiger partial charge < -0.3 is 19.3 Å². The Hall–Kier alpha value is -3.54. The number of ether oxygens (including phenoxy) is 2. The van der Waals surface area contributed by atoms with Crippen molar-refractivity contribution in [2.45, 2.75) is 13.0 Å². The van der Waals surface area contributed by atoms with E-state index in [-0.39, 0.29) is 34.9 Å². The maximum atomic E-state index is 12.9. The lowest BCUT2D eigenvalue weighted by Crippen LogP contribution is -2.35. The molecule has 2 aromatic carbocycles. The second-order valence-electron chi connectivity index (χ2n) is 8.56. The summed E-state index contributed by atoms with van der Waals surface area (Å²) < 4.78 is 46.6. The number of carbonyl (C=O) groups excluding carboxylic acids is 2. The van der Waals surface area contributed by atoms with Gasteiger partial charge in [-0.1, -0.05) is 11.6 Å². The minimum Gasteiger partial charge on any atom is -0.445 e. The largest absolute Gasteiger partial charge is 0.573 e. The van der Waals surface area contributed by atoms with Gasteiger partial charge in [-0.25, -0.2) is 4.79 Å². The molecule has 0 aliphatic carbocycles. The Morgan fingerprint density at radius 3 is 2.40 bits per heavy atom. The number of amides is 2. The molecular weight excluding hydrogens is 491 g/mol. The summed E-state index contributed by atoms with van der Waals surface area (Å²) in [6.45, 7) is 1.61. The van der Waals surface area contributed by atoms with Gasteiger partial charge in [0, 0.05) is 48.6 Å². The first-order chi connectivity index (χ1) is 16.6. The Morgan fingerprint density at radius 1 is 1.00 bits per heavy atom. The average molecular weight is 510 g/mol. The van der Waals surface area contributed by atoms with E-state index in [1.54, 1.807) is 28.0 Å². The van der Waals surface area contributed by atoms with Crippen molar-refractivity contribution < 1.29 is 32.2 Å². The summed E-state index contributed by atoms with van der Waals surface area (Å²) in [4.78, 5) is 28.8. The highest BCUT2D eigenvalue weighted by Gasteiger charge is 2.43. The van der Waals surface area contributed by atoms with Crippen LogP contribution in [-0.2, 0) is 11.3 Å². The number of hydrogen-bond donors (Lipinski definition) is 1. The molecule has 0 saturated carbocycles. The normalized spacial score (nSPS) is 19.8. The number of alkyl halides is 3. The summed E-state index contributed by atoms with van der Waals surface area (Å²) in [5.41, 5.74) is 2.08. The molecule has 13 heteroatoms. The lowest BCUT2D eigenvalue weighted by molar-refractivity contribution is -0.274. The second-order valence-corrected chi connectivity index (χ2v) is 9.00. The first-order valence-corrected chi connectivity index (χ1v) is 11.1. The van der Waals surface area contributed by atoms with Crippen LogP contribution in [0.2, 0.25) is 5.02 Å². The summed E-state index contributed by atoms with van der Waals surface area (Å²) in [5.74, 6) is -0.365. The zero-order valence-corrected chi connectivity index (χ0v) is 18.8. The third-order valence-electron chi connectivity index (χ3n) is 6.12. The number of aromatic nitrogens is 3. The molecular formula is C22H19ClF3N5O4.